The number of hydrogen-bond donors (Lipinski definition) is 1. The van der Waals surface area contributed by atoms with Gasteiger partial charge in [-0.25, -0.2) is 4.39 Å². The summed E-state index contributed by atoms with van der Waals surface area (Å²) < 4.78 is 12.8. The van der Waals surface area contributed by atoms with Crippen molar-refractivity contribution in [2.24, 2.45) is 11.8 Å². The van der Waals surface area contributed by atoms with E-state index in [2.05, 4.69) is 5.32 Å². The Morgan fingerprint density at radius 2 is 1.62 bits per heavy atom. The van der Waals surface area contributed by atoms with Gasteiger partial charge in [0, 0.05) is 17.6 Å². The summed E-state index contributed by atoms with van der Waals surface area (Å²) in [5.74, 6) is -3.46. The lowest BCUT2D eigenvalue weighted by atomic mass is 9.76. The van der Waals surface area contributed by atoms with Crippen LogP contribution in [0.5, 0.6) is 0 Å². The molecule has 1 aliphatic rings. The largest absolute Gasteiger partial charge is 0.550 e. The molecule has 0 radical (unpaired) electrons. The van der Waals surface area contributed by atoms with Crippen LogP contribution in [0.2, 0.25) is 0 Å². The summed E-state index contributed by atoms with van der Waals surface area (Å²) in [6, 6.07) is 5.36. The van der Waals surface area contributed by atoms with E-state index in [0.29, 0.717) is 18.5 Å². The fraction of sp³-hybridized carbons (Fsp3) is 0.375. The van der Waals surface area contributed by atoms with Crippen LogP contribution in [0, 0.1) is 17.7 Å². The first-order chi connectivity index (χ1) is 9.88. The number of hydrogen-bond acceptors (Lipinski definition) is 3. The molecule has 0 aliphatic heterocycles. The lowest BCUT2D eigenvalue weighted by Crippen LogP contribution is -2.42. The average molecular weight is 290 g/mol. The van der Waals surface area contributed by atoms with Crippen LogP contribution in [-0.2, 0) is 9.59 Å². The summed E-state index contributed by atoms with van der Waals surface area (Å²) in [5.41, 5.74) is 2.48. The van der Waals surface area contributed by atoms with Gasteiger partial charge >= 0.3 is 0 Å². The third-order valence-electron chi connectivity index (χ3n) is 4.02. The molecule has 1 amide bonds. The summed E-state index contributed by atoms with van der Waals surface area (Å²) >= 11 is 0. The molecular weight excluding hydrogens is 273 g/mol. The standard InChI is InChI=1S/C16H18FNO3/c1-9-7-13(14(16(20)21)8-10(9)2)15(19)18-12-5-3-11(17)4-6-12/h3-6,13-14H,7-8H2,1-2H3,(H,18,19)(H,20,21)/p-1. The van der Waals surface area contributed by atoms with Gasteiger partial charge in [0.15, 0.2) is 0 Å². The minimum absolute atomic E-state index is 0.329. The molecule has 1 aromatic carbocycles. The number of halogens is 1. The van der Waals surface area contributed by atoms with Crippen LogP contribution < -0.4 is 10.4 Å². The summed E-state index contributed by atoms with van der Waals surface area (Å²) in [6.45, 7) is 3.78. The van der Waals surface area contributed by atoms with Crippen molar-refractivity contribution in [3.8, 4) is 0 Å². The van der Waals surface area contributed by atoms with E-state index in [4.69, 9.17) is 0 Å². The van der Waals surface area contributed by atoms with Crippen molar-refractivity contribution in [3.05, 3.63) is 41.2 Å². The molecule has 0 spiro atoms. The molecule has 0 bridgehead atoms. The van der Waals surface area contributed by atoms with Gasteiger partial charge in [-0.3, -0.25) is 4.79 Å². The van der Waals surface area contributed by atoms with Crippen molar-refractivity contribution < 1.29 is 19.1 Å². The van der Waals surface area contributed by atoms with Crippen LogP contribution >= 0.6 is 0 Å². The fourth-order valence-electron chi connectivity index (χ4n) is 2.58. The van der Waals surface area contributed by atoms with Gasteiger partial charge in [0.05, 0.1) is 5.92 Å². The maximum Gasteiger partial charge on any atom is 0.228 e. The van der Waals surface area contributed by atoms with Crippen molar-refractivity contribution >= 4 is 17.6 Å². The highest BCUT2D eigenvalue weighted by atomic mass is 19.1. The van der Waals surface area contributed by atoms with Gasteiger partial charge in [-0.2, -0.15) is 0 Å². The molecule has 2 atom stereocenters. The Morgan fingerprint density at radius 1 is 1.10 bits per heavy atom. The number of carboxylic acid groups (broad SMARTS) is 1. The second kappa shape index (κ2) is 6.08. The normalized spacial score (nSPS) is 22.0. The van der Waals surface area contributed by atoms with Gasteiger partial charge in [-0.05, 0) is 51.0 Å². The van der Waals surface area contributed by atoms with E-state index in [1.807, 2.05) is 13.8 Å². The van der Waals surface area contributed by atoms with Crippen LogP contribution in [0.25, 0.3) is 0 Å². The highest BCUT2D eigenvalue weighted by molar-refractivity contribution is 5.95. The smallest absolute Gasteiger partial charge is 0.228 e. The zero-order chi connectivity index (χ0) is 15.6. The van der Waals surface area contributed by atoms with Crippen LogP contribution in [0.15, 0.2) is 35.4 Å². The number of allylic oxidation sites excluding steroid dienone is 2. The zero-order valence-corrected chi connectivity index (χ0v) is 12.0. The van der Waals surface area contributed by atoms with E-state index in [1.54, 1.807) is 0 Å². The van der Waals surface area contributed by atoms with E-state index in [0.717, 1.165) is 11.1 Å². The molecule has 2 unspecified atom stereocenters. The predicted octanol–water partition coefficient (Wildman–Crippen LogP) is 1.88. The van der Waals surface area contributed by atoms with Crippen molar-refractivity contribution in [2.75, 3.05) is 5.32 Å². The molecule has 5 heteroatoms. The molecule has 4 nitrogen and oxygen atoms in total. The second-order valence-corrected chi connectivity index (χ2v) is 5.50. The Bertz CT molecular complexity index is 592. The molecule has 21 heavy (non-hydrogen) atoms. The van der Waals surface area contributed by atoms with E-state index in [-0.39, 0.29) is 5.91 Å². The van der Waals surface area contributed by atoms with Crippen molar-refractivity contribution in [1.82, 2.24) is 0 Å². The van der Waals surface area contributed by atoms with Gasteiger partial charge in [-0.1, -0.05) is 11.1 Å². The first kappa shape index (κ1) is 15.2. The molecule has 0 heterocycles. The second-order valence-electron chi connectivity index (χ2n) is 5.50. The molecule has 1 aliphatic carbocycles. The Kier molecular flexibility index (Phi) is 4.40. The number of carboxylic acids is 1. The summed E-state index contributed by atoms with van der Waals surface area (Å²) in [6.07, 6.45) is 0.729. The number of amides is 1. The summed E-state index contributed by atoms with van der Waals surface area (Å²) in [7, 11) is 0. The van der Waals surface area contributed by atoms with Crippen LogP contribution in [0.4, 0.5) is 10.1 Å². The van der Waals surface area contributed by atoms with Gasteiger partial charge in [-0.15, -0.1) is 0 Å². The molecule has 1 aromatic rings. The molecule has 112 valence electrons. The summed E-state index contributed by atoms with van der Waals surface area (Å²) in [5, 5.41) is 13.9. The molecule has 0 fully saturated rings. The van der Waals surface area contributed by atoms with Crippen molar-refractivity contribution in [3.63, 3.8) is 0 Å². The van der Waals surface area contributed by atoms with Crippen LogP contribution in [0.3, 0.4) is 0 Å². The summed E-state index contributed by atoms with van der Waals surface area (Å²) in [4.78, 5) is 23.6. The van der Waals surface area contributed by atoms with Gasteiger partial charge < -0.3 is 15.2 Å². The maximum absolute atomic E-state index is 12.8. The van der Waals surface area contributed by atoms with E-state index in [9.17, 15) is 19.1 Å². The van der Waals surface area contributed by atoms with Gasteiger partial charge in [0.25, 0.3) is 0 Å². The van der Waals surface area contributed by atoms with Crippen LogP contribution in [0.1, 0.15) is 26.7 Å². The quantitative estimate of drug-likeness (QED) is 0.864. The van der Waals surface area contributed by atoms with Gasteiger partial charge in [0.2, 0.25) is 5.91 Å². The van der Waals surface area contributed by atoms with E-state index in [1.165, 1.54) is 24.3 Å². The molecule has 0 aromatic heterocycles. The topological polar surface area (TPSA) is 69.2 Å². The molecule has 0 saturated heterocycles. The monoisotopic (exact) mass is 290 g/mol. The lowest BCUT2D eigenvalue weighted by molar-refractivity contribution is -0.313. The van der Waals surface area contributed by atoms with Crippen LogP contribution in [-0.4, -0.2) is 11.9 Å². The molecular formula is C16H17FNO3-. The average Bonchev–Trinajstić information content (AvgIpc) is 2.43. The van der Waals surface area contributed by atoms with Crippen molar-refractivity contribution in [1.29, 1.82) is 0 Å². The highest BCUT2D eigenvalue weighted by Gasteiger charge is 2.33. The fourth-order valence-corrected chi connectivity index (χ4v) is 2.58. The SMILES string of the molecule is CC1=C(C)CC(C(=O)Nc2ccc(F)cc2)C(C(=O)[O-])C1. The molecule has 0 saturated carbocycles. The number of benzene rings is 1. The maximum atomic E-state index is 12.8. The lowest BCUT2D eigenvalue weighted by Gasteiger charge is -2.32. The Morgan fingerprint density at radius 3 is 2.14 bits per heavy atom. The van der Waals surface area contributed by atoms with E-state index >= 15 is 0 Å². The Hall–Kier alpha value is -2.17. The molecule has 1 N–H and O–H groups in total. The number of aliphatic carboxylic acids is 1. The first-order valence-corrected chi connectivity index (χ1v) is 6.81. The third kappa shape index (κ3) is 3.48. The first-order valence-electron chi connectivity index (χ1n) is 6.81. The zero-order valence-electron chi connectivity index (χ0n) is 12.0. The van der Waals surface area contributed by atoms with E-state index < -0.39 is 23.6 Å². The number of rotatable bonds is 3. The minimum Gasteiger partial charge on any atom is -0.550 e. The Labute approximate surface area is 122 Å². The number of carbonyl (C=O) groups is 2. The Balaban J connectivity index is 2.16. The predicted molar refractivity (Wildman–Crippen MR) is 74.6 cm³/mol. The molecule has 2 rings (SSSR count). The highest BCUT2D eigenvalue weighted by Crippen LogP contribution is 2.34. The number of anilines is 1. The van der Waals surface area contributed by atoms with Gasteiger partial charge in [0.1, 0.15) is 5.82 Å². The minimum atomic E-state index is -1.21. The third-order valence-corrected chi connectivity index (χ3v) is 4.02. The number of nitrogens with one attached hydrogen (secondary N) is 1. The number of carbonyl (C=O) groups excluding carboxylic acids is 2. The van der Waals surface area contributed by atoms with Crippen molar-refractivity contribution in [2.45, 2.75) is 26.7 Å².